The van der Waals surface area contributed by atoms with E-state index in [0.29, 0.717) is 21.0 Å². The van der Waals surface area contributed by atoms with Gasteiger partial charge in [0.15, 0.2) is 0 Å². The van der Waals surface area contributed by atoms with Gasteiger partial charge in [0.25, 0.3) is 0 Å². The summed E-state index contributed by atoms with van der Waals surface area (Å²) in [7, 11) is 2.68. The number of benzene rings is 2. The first-order chi connectivity index (χ1) is 11.6. The highest BCUT2D eigenvalue weighted by molar-refractivity contribution is 7.99. The maximum absolute atomic E-state index is 12.8. The van der Waals surface area contributed by atoms with Gasteiger partial charge in [-0.2, -0.15) is 0 Å². The lowest BCUT2D eigenvalue weighted by Crippen LogP contribution is -2.24. The fraction of sp³-hybridized carbons (Fsp3) is 0.111. The van der Waals surface area contributed by atoms with Gasteiger partial charge in [0.1, 0.15) is 0 Å². The Bertz CT molecular complexity index is 873. The van der Waals surface area contributed by atoms with Gasteiger partial charge in [0.2, 0.25) is 23.1 Å². The normalized spacial score (nSPS) is 13.8. The largest absolute Gasteiger partial charge is 0.489 e. The molecule has 0 saturated heterocycles. The molecular weight excluding hydrogens is 348 g/mol. The lowest BCUT2D eigenvalue weighted by Gasteiger charge is -2.21. The van der Waals surface area contributed by atoms with Crippen LogP contribution >= 0.6 is 23.4 Å². The van der Waals surface area contributed by atoms with Crippen LogP contribution in [-0.4, -0.2) is 25.8 Å². The van der Waals surface area contributed by atoms with Gasteiger partial charge in [-0.25, -0.2) is 0 Å². The van der Waals surface area contributed by atoms with Crippen molar-refractivity contribution in [3.8, 4) is 0 Å². The summed E-state index contributed by atoms with van der Waals surface area (Å²) in [6, 6.07) is 12.4. The molecule has 0 fully saturated rings. The Kier molecular flexibility index (Phi) is 4.64. The SMILES string of the molecule is COC1=C(OC)C(=O)c2c(Sc3ccccc3Cl)cccc2C1=O. The summed E-state index contributed by atoms with van der Waals surface area (Å²) in [4.78, 5) is 26.8. The Morgan fingerprint density at radius 2 is 1.46 bits per heavy atom. The zero-order chi connectivity index (χ0) is 17.3. The van der Waals surface area contributed by atoms with Crippen LogP contribution in [0.1, 0.15) is 20.7 Å². The van der Waals surface area contributed by atoms with Crippen LogP contribution in [0.4, 0.5) is 0 Å². The average Bonchev–Trinajstić information content (AvgIpc) is 2.59. The van der Waals surface area contributed by atoms with Crippen LogP contribution in [0.5, 0.6) is 0 Å². The van der Waals surface area contributed by atoms with Gasteiger partial charge in [-0.3, -0.25) is 9.59 Å². The highest BCUT2D eigenvalue weighted by Gasteiger charge is 2.36. The Morgan fingerprint density at radius 3 is 2.12 bits per heavy atom. The molecule has 0 saturated carbocycles. The van der Waals surface area contributed by atoms with Crippen molar-refractivity contribution < 1.29 is 19.1 Å². The van der Waals surface area contributed by atoms with Gasteiger partial charge in [-0.05, 0) is 18.2 Å². The Labute approximate surface area is 148 Å². The second-order valence-electron chi connectivity index (χ2n) is 4.94. The Balaban J connectivity index is 2.13. The molecule has 0 radical (unpaired) electrons. The number of allylic oxidation sites excluding steroid dienone is 2. The molecule has 0 aromatic heterocycles. The molecule has 122 valence electrons. The summed E-state index contributed by atoms with van der Waals surface area (Å²) in [5.74, 6) is -0.901. The van der Waals surface area contributed by atoms with Crippen LogP contribution in [0.25, 0.3) is 0 Å². The van der Waals surface area contributed by atoms with Gasteiger partial charge in [-0.1, -0.05) is 47.6 Å². The number of hydrogen-bond donors (Lipinski definition) is 0. The number of rotatable bonds is 4. The summed E-state index contributed by atoms with van der Waals surface area (Å²) < 4.78 is 10.2. The van der Waals surface area contributed by atoms with Crippen molar-refractivity contribution in [1.29, 1.82) is 0 Å². The molecule has 0 atom stereocenters. The predicted molar refractivity (Wildman–Crippen MR) is 91.7 cm³/mol. The molecule has 0 heterocycles. The van der Waals surface area contributed by atoms with Crippen molar-refractivity contribution in [2.75, 3.05) is 14.2 Å². The third-order valence-electron chi connectivity index (χ3n) is 3.58. The molecule has 0 aliphatic heterocycles. The second-order valence-corrected chi connectivity index (χ2v) is 6.43. The molecule has 0 spiro atoms. The molecule has 1 aliphatic rings. The Hall–Kier alpha value is -2.24. The van der Waals surface area contributed by atoms with Crippen molar-refractivity contribution in [2.45, 2.75) is 9.79 Å². The lowest BCUT2D eigenvalue weighted by molar-refractivity contribution is 0.0826. The number of carbonyl (C=O) groups excluding carboxylic acids is 2. The second kappa shape index (κ2) is 6.71. The number of fused-ring (bicyclic) bond motifs is 1. The zero-order valence-corrected chi connectivity index (χ0v) is 14.5. The summed E-state index contributed by atoms with van der Waals surface area (Å²) in [5, 5.41) is 0.578. The number of carbonyl (C=O) groups is 2. The van der Waals surface area contributed by atoms with Crippen LogP contribution in [0.2, 0.25) is 5.02 Å². The summed E-state index contributed by atoms with van der Waals surface area (Å²) in [6.07, 6.45) is 0. The first-order valence-corrected chi connectivity index (χ1v) is 8.25. The number of ether oxygens (including phenoxy) is 2. The predicted octanol–water partition coefficient (Wildman–Crippen LogP) is 4.37. The van der Waals surface area contributed by atoms with E-state index >= 15 is 0 Å². The van der Waals surface area contributed by atoms with E-state index in [4.69, 9.17) is 21.1 Å². The first-order valence-electron chi connectivity index (χ1n) is 7.05. The molecule has 0 N–H and O–H groups in total. The molecule has 3 rings (SSSR count). The third-order valence-corrected chi connectivity index (χ3v) is 5.16. The minimum absolute atomic E-state index is 0.0742. The topological polar surface area (TPSA) is 52.6 Å². The minimum Gasteiger partial charge on any atom is -0.489 e. The van der Waals surface area contributed by atoms with E-state index in [1.807, 2.05) is 18.2 Å². The number of hydrogen-bond acceptors (Lipinski definition) is 5. The van der Waals surface area contributed by atoms with Crippen LogP contribution in [0.3, 0.4) is 0 Å². The molecule has 1 aliphatic carbocycles. The van der Waals surface area contributed by atoms with Crippen LogP contribution < -0.4 is 0 Å². The number of methoxy groups -OCH3 is 2. The van der Waals surface area contributed by atoms with E-state index < -0.39 is 0 Å². The molecule has 2 aromatic rings. The number of halogens is 1. The molecule has 0 bridgehead atoms. The highest BCUT2D eigenvalue weighted by atomic mass is 35.5. The standard InChI is InChI=1S/C18H13ClO4S/c1-22-17-15(20)10-6-5-9-13(14(10)16(21)18(17)23-2)24-12-8-4-3-7-11(12)19/h3-9H,1-2H3. The van der Waals surface area contributed by atoms with E-state index in [1.165, 1.54) is 26.0 Å². The summed E-state index contributed by atoms with van der Waals surface area (Å²) in [5.41, 5.74) is 0.611. The van der Waals surface area contributed by atoms with E-state index in [2.05, 4.69) is 0 Å². The van der Waals surface area contributed by atoms with Crippen LogP contribution in [0.15, 0.2) is 63.8 Å². The summed E-state index contributed by atoms with van der Waals surface area (Å²) in [6.45, 7) is 0. The quantitative estimate of drug-likeness (QED) is 0.810. The Morgan fingerprint density at radius 1 is 0.833 bits per heavy atom. The molecule has 2 aromatic carbocycles. The van der Waals surface area contributed by atoms with Crippen molar-refractivity contribution >= 4 is 34.9 Å². The molecule has 6 heteroatoms. The van der Waals surface area contributed by atoms with Crippen LogP contribution in [-0.2, 0) is 9.47 Å². The summed E-state index contributed by atoms with van der Waals surface area (Å²) >= 11 is 7.53. The van der Waals surface area contributed by atoms with Gasteiger partial charge in [-0.15, -0.1) is 0 Å². The molecule has 4 nitrogen and oxygen atoms in total. The smallest absolute Gasteiger partial charge is 0.233 e. The molecule has 0 unspecified atom stereocenters. The highest BCUT2D eigenvalue weighted by Crippen LogP contribution is 2.39. The first kappa shape index (κ1) is 16.6. The lowest BCUT2D eigenvalue weighted by atomic mass is 9.92. The van der Waals surface area contributed by atoms with Gasteiger partial charge in [0, 0.05) is 15.4 Å². The van der Waals surface area contributed by atoms with Gasteiger partial charge < -0.3 is 9.47 Å². The number of Topliss-reactive ketones (excluding diaryl/α,β-unsaturated/α-hetero) is 2. The van der Waals surface area contributed by atoms with E-state index in [-0.39, 0.29) is 23.1 Å². The molecule has 0 amide bonds. The van der Waals surface area contributed by atoms with E-state index in [1.54, 1.807) is 24.3 Å². The fourth-order valence-corrected chi connectivity index (χ4v) is 3.75. The van der Waals surface area contributed by atoms with Crippen LogP contribution in [0, 0.1) is 0 Å². The van der Waals surface area contributed by atoms with Gasteiger partial charge >= 0.3 is 0 Å². The van der Waals surface area contributed by atoms with Gasteiger partial charge in [0.05, 0.1) is 24.8 Å². The minimum atomic E-state index is -0.376. The van der Waals surface area contributed by atoms with Crippen molar-refractivity contribution in [3.63, 3.8) is 0 Å². The monoisotopic (exact) mass is 360 g/mol. The maximum Gasteiger partial charge on any atom is 0.233 e. The van der Waals surface area contributed by atoms with Crippen molar-refractivity contribution in [2.24, 2.45) is 0 Å². The third kappa shape index (κ3) is 2.70. The molecular formula is C18H13ClO4S. The zero-order valence-electron chi connectivity index (χ0n) is 13.0. The van der Waals surface area contributed by atoms with Crippen molar-refractivity contribution in [1.82, 2.24) is 0 Å². The fourth-order valence-electron chi connectivity index (χ4n) is 2.50. The molecule has 24 heavy (non-hydrogen) atoms. The van der Waals surface area contributed by atoms with E-state index in [0.717, 1.165) is 4.90 Å². The van der Waals surface area contributed by atoms with Crippen molar-refractivity contribution in [3.05, 3.63) is 70.1 Å². The average molecular weight is 361 g/mol. The maximum atomic E-state index is 12.8. The number of ketones is 2. The van der Waals surface area contributed by atoms with E-state index in [9.17, 15) is 9.59 Å².